The first-order valence-electron chi connectivity index (χ1n) is 7.82. The average molecular weight is 350 g/mol. The van der Waals surface area contributed by atoms with Crippen LogP contribution >= 0.6 is 7.60 Å². The van der Waals surface area contributed by atoms with Gasteiger partial charge in [0, 0.05) is 5.56 Å². The van der Waals surface area contributed by atoms with Crippen molar-refractivity contribution in [2.45, 2.75) is 39.9 Å². The first-order valence-corrected chi connectivity index (χ1v) is 9.43. The van der Waals surface area contributed by atoms with Gasteiger partial charge in [0.2, 0.25) is 0 Å². The van der Waals surface area contributed by atoms with Crippen molar-refractivity contribution in [3.63, 3.8) is 0 Å². The monoisotopic (exact) mass is 350 g/mol. The highest BCUT2D eigenvalue weighted by Gasteiger charge is 2.26. The third-order valence-corrected chi connectivity index (χ3v) is 4.22. The van der Waals surface area contributed by atoms with E-state index in [-0.39, 0.29) is 17.5 Å². The van der Waals surface area contributed by atoms with Crippen molar-refractivity contribution >= 4 is 12.9 Å². The predicted octanol–water partition coefficient (Wildman–Crippen LogP) is 3.73. The summed E-state index contributed by atoms with van der Waals surface area (Å²) < 4.78 is 23.6. The van der Waals surface area contributed by atoms with Gasteiger partial charge >= 0.3 is 7.60 Å². The molecule has 0 heterocycles. The summed E-state index contributed by atoms with van der Waals surface area (Å²) in [5.41, 5.74) is 0.969. The molecule has 130 valence electrons. The Morgan fingerprint density at radius 3 is 1.79 bits per heavy atom. The SMILES string of the molecule is CC(C)Oc1cccc(OC(C)C)c1-c1ccccc1P(=O)(O)O. The van der Waals surface area contributed by atoms with Crippen LogP contribution in [0, 0.1) is 0 Å². The molecule has 0 unspecified atom stereocenters. The summed E-state index contributed by atoms with van der Waals surface area (Å²) in [6, 6.07) is 11.8. The van der Waals surface area contributed by atoms with E-state index in [1.165, 1.54) is 6.07 Å². The van der Waals surface area contributed by atoms with E-state index in [4.69, 9.17) is 9.47 Å². The normalized spacial score (nSPS) is 11.8. The van der Waals surface area contributed by atoms with Gasteiger partial charge in [-0.1, -0.05) is 24.3 Å². The van der Waals surface area contributed by atoms with Gasteiger partial charge < -0.3 is 19.3 Å². The maximum atomic E-state index is 11.9. The highest BCUT2D eigenvalue weighted by atomic mass is 31.2. The van der Waals surface area contributed by atoms with Crippen molar-refractivity contribution in [1.82, 2.24) is 0 Å². The summed E-state index contributed by atoms with van der Waals surface area (Å²) in [7, 11) is -4.44. The topological polar surface area (TPSA) is 76.0 Å². The lowest BCUT2D eigenvalue weighted by Gasteiger charge is -2.21. The predicted molar refractivity (Wildman–Crippen MR) is 95.1 cm³/mol. The van der Waals surface area contributed by atoms with Crippen LogP contribution in [-0.2, 0) is 4.57 Å². The van der Waals surface area contributed by atoms with Crippen LogP contribution in [0.4, 0.5) is 0 Å². The third kappa shape index (κ3) is 4.38. The lowest BCUT2D eigenvalue weighted by molar-refractivity contribution is 0.231. The molecule has 6 heteroatoms. The summed E-state index contributed by atoms with van der Waals surface area (Å²) in [6.07, 6.45) is -0.166. The van der Waals surface area contributed by atoms with Crippen LogP contribution < -0.4 is 14.8 Å². The number of benzene rings is 2. The molecule has 0 aromatic heterocycles. The molecule has 0 fully saturated rings. The Balaban J connectivity index is 2.74. The third-order valence-electron chi connectivity index (χ3n) is 3.20. The summed E-state index contributed by atoms with van der Waals surface area (Å²) in [4.78, 5) is 19.4. The summed E-state index contributed by atoms with van der Waals surface area (Å²) in [5.74, 6) is 1.06. The second-order valence-corrected chi connectivity index (χ2v) is 7.59. The maximum Gasteiger partial charge on any atom is 0.356 e. The second kappa shape index (κ2) is 7.39. The molecule has 2 aromatic carbocycles. The van der Waals surface area contributed by atoms with Crippen molar-refractivity contribution in [1.29, 1.82) is 0 Å². The van der Waals surface area contributed by atoms with Crippen LogP contribution in [0.25, 0.3) is 11.1 Å². The minimum Gasteiger partial charge on any atom is -0.490 e. The molecule has 2 N–H and O–H groups in total. The molecule has 2 rings (SSSR count). The quantitative estimate of drug-likeness (QED) is 0.777. The van der Waals surface area contributed by atoms with Gasteiger partial charge in [-0.15, -0.1) is 0 Å². The second-order valence-electron chi connectivity index (χ2n) is 6.02. The van der Waals surface area contributed by atoms with E-state index >= 15 is 0 Å². The highest BCUT2D eigenvalue weighted by Crippen LogP contribution is 2.44. The molecule has 0 saturated heterocycles. The molecule has 24 heavy (non-hydrogen) atoms. The molecular weight excluding hydrogens is 327 g/mol. The minimum absolute atomic E-state index is 0.0431. The standard InChI is InChI=1S/C18H23O5P/c1-12(2)22-15-9-7-10-16(23-13(3)4)18(15)14-8-5-6-11-17(14)24(19,20)21/h5-13H,1-4H3,(H2,19,20,21). The van der Waals surface area contributed by atoms with Crippen molar-refractivity contribution < 1.29 is 23.8 Å². The van der Waals surface area contributed by atoms with Crippen molar-refractivity contribution in [3.8, 4) is 22.6 Å². The zero-order valence-corrected chi connectivity index (χ0v) is 15.2. The molecule has 0 spiro atoms. The fraction of sp³-hybridized carbons (Fsp3) is 0.333. The molecular formula is C18H23O5P. The molecule has 0 saturated carbocycles. The molecule has 0 aliphatic carbocycles. The van der Waals surface area contributed by atoms with Gasteiger partial charge in [0.15, 0.2) is 0 Å². The van der Waals surface area contributed by atoms with Crippen LogP contribution in [0.2, 0.25) is 0 Å². The summed E-state index contributed by atoms with van der Waals surface area (Å²) >= 11 is 0. The van der Waals surface area contributed by atoms with Gasteiger partial charge in [-0.2, -0.15) is 0 Å². The van der Waals surface area contributed by atoms with Gasteiger partial charge in [0.05, 0.1) is 23.1 Å². The van der Waals surface area contributed by atoms with E-state index in [0.717, 1.165) is 0 Å². The van der Waals surface area contributed by atoms with Crippen LogP contribution in [0.15, 0.2) is 42.5 Å². The highest BCUT2D eigenvalue weighted by molar-refractivity contribution is 7.60. The van der Waals surface area contributed by atoms with E-state index in [0.29, 0.717) is 22.6 Å². The number of hydrogen-bond acceptors (Lipinski definition) is 3. The summed E-state index contributed by atoms with van der Waals surface area (Å²) in [5, 5.41) is -0.0431. The molecule has 0 amide bonds. The average Bonchev–Trinajstić information content (AvgIpc) is 2.45. The van der Waals surface area contributed by atoms with Crippen molar-refractivity contribution in [3.05, 3.63) is 42.5 Å². The Bertz CT molecular complexity index is 721. The summed E-state index contributed by atoms with van der Waals surface area (Å²) in [6.45, 7) is 7.59. The number of ether oxygens (including phenoxy) is 2. The Morgan fingerprint density at radius 1 is 0.833 bits per heavy atom. The molecule has 0 atom stereocenters. The van der Waals surface area contributed by atoms with E-state index in [2.05, 4.69) is 0 Å². The van der Waals surface area contributed by atoms with Crippen LogP contribution in [0.1, 0.15) is 27.7 Å². The fourth-order valence-corrected chi connectivity index (χ4v) is 3.20. The first-order chi connectivity index (χ1) is 11.2. The Hall–Kier alpha value is -1.81. The van der Waals surface area contributed by atoms with E-state index in [9.17, 15) is 14.4 Å². The fourth-order valence-electron chi connectivity index (χ4n) is 2.42. The molecule has 2 aromatic rings. The molecule has 0 radical (unpaired) electrons. The molecule has 0 aliphatic rings. The molecule has 5 nitrogen and oxygen atoms in total. The van der Waals surface area contributed by atoms with Crippen LogP contribution in [0.3, 0.4) is 0 Å². The van der Waals surface area contributed by atoms with Gasteiger partial charge in [-0.25, -0.2) is 0 Å². The number of hydrogen-bond donors (Lipinski definition) is 2. The zero-order valence-electron chi connectivity index (χ0n) is 14.3. The van der Waals surface area contributed by atoms with Gasteiger partial charge in [0.25, 0.3) is 0 Å². The van der Waals surface area contributed by atoms with Crippen LogP contribution in [0.5, 0.6) is 11.5 Å². The lowest BCUT2D eigenvalue weighted by Crippen LogP contribution is -2.13. The zero-order chi connectivity index (χ0) is 17.9. The van der Waals surface area contributed by atoms with Gasteiger partial charge in [-0.3, -0.25) is 4.57 Å². The number of rotatable bonds is 6. The Kier molecular flexibility index (Phi) is 5.70. The first kappa shape index (κ1) is 18.5. The van der Waals surface area contributed by atoms with Gasteiger partial charge in [-0.05, 0) is 45.9 Å². The maximum absolute atomic E-state index is 11.9. The smallest absolute Gasteiger partial charge is 0.356 e. The van der Waals surface area contributed by atoms with E-state index < -0.39 is 7.60 Å². The van der Waals surface area contributed by atoms with E-state index in [1.807, 2.05) is 27.7 Å². The van der Waals surface area contributed by atoms with Crippen LogP contribution in [-0.4, -0.2) is 22.0 Å². The van der Waals surface area contributed by atoms with Crippen molar-refractivity contribution in [2.24, 2.45) is 0 Å². The molecule has 0 aliphatic heterocycles. The minimum atomic E-state index is -4.44. The Labute approximate surface area is 142 Å². The lowest BCUT2D eigenvalue weighted by atomic mass is 10.0. The Morgan fingerprint density at radius 2 is 1.33 bits per heavy atom. The van der Waals surface area contributed by atoms with Gasteiger partial charge in [0.1, 0.15) is 11.5 Å². The van der Waals surface area contributed by atoms with Crippen molar-refractivity contribution in [2.75, 3.05) is 0 Å². The van der Waals surface area contributed by atoms with E-state index in [1.54, 1.807) is 36.4 Å². The molecule has 0 bridgehead atoms. The largest absolute Gasteiger partial charge is 0.490 e.